The monoisotopic (exact) mass is 439 g/mol. The molecule has 6 nitrogen and oxygen atoms in total. The molecule has 1 aromatic heterocycles. The van der Waals surface area contributed by atoms with E-state index in [4.69, 9.17) is 10.7 Å². The third kappa shape index (κ3) is 4.20. The molecule has 0 radical (unpaired) electrons. The van der Waals surface area contributed by atoms with Gasteiger partial charge in [-0.3, -0.25) is 4.90 Å². The van der Waals surface area contributed by atoms with E-state index < -0.39 is 0 Å². The Morgan fingerprint density at radius 1 is 1.06 bits per heavy atom. The molecule has 0 amide bonds. The number of fused-ring (bicyclic) bond motifs is 2. The lowest BCUT2D eigenvalue weighted by atomic mass is 9.95. The summed E-state index contributed by atoms with van der Waals surface area (Å²) in [6.07, 6.45) is 0. The summed E-state index contributed by atoms with van der Waals surface area (Å²) in [5.41, 5.74) is 13.9. The van der Waals surface area contributed by atoms with Crippen molar-refractivity contribution >= 4 is 16.9 Å². The standard InChI is InChI=1S/C27H29N5O/c1-2-32(13-14-33)17-20-8-4-5-9-21(20)18-11-12-24-23(15-18)26(31-27(28)30-24)25-22-10-6-3-7-19(22)16-29-25/h3-12,15,25,29,33H,2,13-14,16-17H2,1H3,(H2,28,30,31). The minimum absolute atomic E-state index is 0.0142. The number of rotatable bonds is 7. The average Bonchev–Trinajstić information content (AvgIpc) is 3.27. The van der Waals surface area contributed by atoms with Crippen molar-refractivity contribution < 1.29 is 5.11 Å². The molecule has 4 aromatic rings. The van der Waals surface area contributed by atoms with Gasteiger partial charge in [0.2, 0.25) is 5.95 Å². The van der Waals surface area contributed by atoms with Crippen LogP contribution in [0.5, 0.6) is 0 Å². The molecule has 2 heterocycles. The average molecular weight is 440 g/mol. The Hall–Kier alpha value is -3.32. The van der Waals surface area contributed by atoms with E-state index in [0.29, 0.717) is 12.5 Å². The highest BCUT2D eigenvalue weighted by Gasteiger charge is 2.26. The highest BCUT2D eigenvalue weighted by Crippen LogP contribution is 2.35. The van der Waals surface area contributed by atoms with E-state index in [1.54, 1.807) is 0 Å². The topological polar surface area (TPSA) is 87.3 Å². The summed E-state index contributed by atoms with van der Waals surface area (Å²) < 4.78 is 0. The van der Waals surface area contributed by atoms with Gasteiger partial charge in [-0.25, -0.2) is 9.97 Å². The zero-order valence-electron chi connectivity index (χ0n) is 18.8. The molecule has 0 fully saturated rings. The Labute approximate surface area is 194 Å². The van der Waals surface area contributed by atoms with Crippen LogP contribution in [-0.2, 0) is 13.1 Å². The first kappa shape index (κ1) is 21.5. The van der Waals surface area contributed by atoms with Gasteiger partial charge in [-0.2, -0.15) is 0 Å². The summed E-state index contributed by atoms with van der Waals surface area (Å²) in [6.45, 7) is 5.42. The Balaban J connectivity index is 1.61. The van der Waals surface area contributed by atoms with E-state index in [-0.39, 0.29) is 12.6 Å². The molecule has 0 saturated heterocycles. The summed E-state index contributed by atoms with van der Waals surface area (Å²) in [5, 5.41) is 14.0. The number of aliphatic hydroxyl groups is 1. The fourth-order valence-electron chi connectivity index (χ4n) is 4.77. The van der Waals surface area contributed by atoms with Gasteiger partial charge in [-0.1, -0.05) is 61.5 Å². The number of hydrogen-bond donors (Lipinski definition) is 3. The first-order valence-corrected chi connectivity index (χ1v) is 11.5. The van der Waals surface area contributed by atoms with Crippen LogP contribution in [0.15, 0.2) is 66.7 Å². The second-order valence-electron chi connectivity index (χ2n) is 8.46. The molecule has 1 unspecified atom stereocenters. The molecule has 33 heavy (non-hydrogen) atoms. The molecule has 0 aliphatic carbocycles. The summed E-state index contributed by atoms with van der Waals surface area (Å²) >= 11 is 0. The molecule has 0 bridgehead atoms. The lowest BCUT2D eigenvalue weighted by molar-refractivity contribution is 0.197. The molecule has 3 aromatic carbocycles. The molecule has 4 N–H and O–H groups in total. The third-order valence-corrected chi connectivity index (χ3v) is 6.46. The Bertz CT molecular complexity index is 1290. The fraction of sp³-hybridized carbons (Fsp3) is 0.259. The van der Waals surface area contributed by atoms with Crippen LogP contribution in [-0.4, -0.2) is 39.7 Å². The third-order valence-electron chi connectivity index (χ3n) is 6.46. The zero-order chi connectivity index (χ0) is 22.8. The SMILES string of the molecule is CCN(CCO)Cc1ccccc1-c1ccc2nc(N)nc(C3NCc4ccccc43)c2c1. The van der Waals surface area contributed by atoms with E-state index in [2.05, 4.69) is 82.8 Å². The number of nitrogen functional groups attached to an aromatic ring is 1. The maximum atomic E-state index is 9.41. The maximum Gasteiger partial charge on any atom is 0.220 e. The van der Waals surface area contributed by atoms with E-state index in [1.165, 1.54) is 22.3 Å². The highest BCUT2D eigenvalue weighted by molar-refractivity contribution is 5.88. The van der Waals surface area contributed by atoms with Gasteiger partial charge < -0.3 is 16.2 Å². The number of nitrogens with two attached hydrogens (primary N) is 1. The Morgan fingerprint density at radius 2 is 1.88 bits per heavy atom. The van der Waals surface area contributed by atoms with Gasteiger partial charge in [0.1, 0.15) is 0 Å². The lowest BCUT2D eigenvalue weighted by Crippen LogP contribution is -2.26. The summed E-state index contributed by atoms with van der Waals surface area (Å²) in [7, 11) is 0. The van der Waals surface area contributed by atoms with Crippen LogP contribution in [0.1, 0.15) is 35.3 Å². The number of nitrogens with one attached hydrogen (secondary N) is 1. The first-order valence-electron chi connectivity index (χ1n) is 11.5. The van der Waals surface area contributed by atoms with Crippen LogP contribution in [0, 0.1) is 0 Å². The van der Waals surface area contributed by atoms with Crippen LogP contribution < -0.4 is 11.1 Å². The number of aromatic nitrogens is 2. The molecular formula is C27H29N5O. The maximum absolute atomic E-state index is 9.41. The van der Waals surface area contributed by atoms with Crippen molar-refractivity contribution in [2.24, 2.45) is 0 Å². The molecule has 0 spiro atoms. The Kier molecular flexibility index (Phi) is 6.05. The molecule has 5 rings (SSSR count). The van der Waals surface area contributed by atoms with Crippen molar-refractivity contribution in [3.8, 4) is 11.1 Å². The highest BCUT2D eigenvalue weighted by atomic mass is 16.3. The fourth-order valence-corrected chi connectivity index (χ4v) is 4.77. The molecule has 6 heteroatoms. The van der Waals surface area contributed by atoms with Crippen LogP contribution >= 0.6 is 0 Å². The van der Waals surface area contributed by atoms with Crippen LogP contribution in [0.3, 0.4) is 0 Å². The van der Waals surface area contributed by atoms with Gasteiger partial charge in [-0.05, 0) is 46.5 Å². The summed E-state index contributed by atoms with van der Waals surface area (Å²) in [6, 6.07) is 23.2. The summed E-state index contributed by atoms with van der Waals surface area (Å²) in [4.78, 5) is 11.4. The quantitative estimate of drug-likeness (QED) is 0.405. The van der Waals surface area contributed by atoms with Crippen LogP contribution in [0.4, 0.5) is 5.95 Å². The van der Waals surface area contributed by atoms with Crippen molar-refractivity contribution in [1.29, 1.82) is 0 Å². The van der Waals surface area contributed by atoms with Gasteiger partial charge in [0.15, 0.2) is 0 Å². The van der Waals surface area contributed by atoms with Gasteiger partial charge in [0.25, 0.3) is 0 Å². The number of benzene rings is 3. The van der Waals surface area contributed by atoms with E-state index in [9.17, 15) is 5.11 Å². The second-order valence-corrected chi connectivity index (χ2v) is 8.46. The smallest absolute Gasteiger partial charge is 0.220 e. The number of hydrogen-bond acceptors (Lipinski definition) is 6. The van der Waals surface area contributed by atoms with Crippen LogP contribution in [0.2, 0.25) is 0 Å². The molecule has 1 atom stereocenters. The van der Waals surface area contributed by atoms with Gasteiger partial charge >= 0.3 is 0 Å². The van der Waals surface area contributed by atoms with Crippen molar-refractivity contribution in [2.75, 3.05) is 25.4 Å². The van der Waals surface area contributed by atoms with Gasteiger partial charge in [0.05, 0.1) is 23.9 Å². The molecule has 1 aliphatic heterocycles. The van der Waals surface area contributed by atoms with Crippen molar-refractivity contribution in [3.05, 3.63) is 89.1 Å². The van der Waals surface area contributed by atoms with Crippen molar-refractivity contribution in [3.63, 3.8) is 0 Å². The molecular weight excluding hydrogens is 410 g/mol. The van der Waals surface area contributed by atoms with Gasteiger partial charge in [0, 0.05) is 25.0 Å². The summed E-state index contributed by atoms with van der Waals surface area (Å²) in [5.74, 6) is 0.291. The predicted molar refractivity (Wildman–Crippen MR) is 133 cm³/mol. The Morgan fingerprint density at radius 3 is 2.73 bits per heavy atom. The van der Waals surface area contributed by atoms with E-state index in [0.717, 1.165) is 41.8 Å². The number of likely N-dealkylation sites (N-methyl/N-ethyl adjacent to an activating group) is 1. The lowest BCUT2D eigenvalue weighted by Gasteiger charge is -2.21. The molecule has 0 saturated carbocycles. The number of aliphatic hydroxyl groups excluding tert-OH is 1. The predicted octanol–water partition coefficient (Wildman–Crippen LogP) is 3.89. The normalized spacial score (nSPS) is 15.3. The largest absolute Gasteiger partial charge is 0.395 e. The number of nitrogens with zero attached hydrogens (tertiary/aromatic N) is 3. The van der Waals surface area contributed by atoms with Crippen molar-refractivity contribution in [1.82, 2.24) is 20.2 Å². The van der Waals surface area contributed by atoms with E-state index in [1.807, 2.05) is 6.07 Å². The first-order chi connectivity index (χ1) is 16.2. The molecule has 168 valence electrons. The van der Waals surface area contributed by atoms with Crippen molar-refractivity contribution in [2.45, 2.75) is 26.1 Å². The zero-order valence-corrected chi connectivity index (χ0v) is 18.8. The van der Waals surface area contributed by atoms with Crippen LogP contribution in [0.25, 0.3) is 22.0 Å². The minimum atomic E-state index is -0.0142. The van der Waals surface area contributed by atoms with E-state index >= 15 is 0 Å². The number of anilines is 1. The molecule has 1 aliphatic rings. The second kappa shape index (κ2) is 9.27. The minimum Gasteiger partial charge on any atom is -0.395 e. The van der Waals surface area contributed by atoms with Gasteiger partial charge in [-0.15, -0.1) is 0 Å².